The molecule has 1 saturated carbocycles. The molecule has 1 fully saturated rings. The highest BCUT2D eigenvalue weighted by molar-refractivity contribution is 7.89. The van der Waals surface area contributed by atoms with Crippen LogP contribution in [-0.4, -0.2) is 31.1 Å². The lowest BCUT2D eigenvalue weighted by molar-refractivity contribution is 0.457. The molecule has 0 aromatic rings. The highest BCUT2D eigenvalue weighted by Crippen LogP contribution is 2.28. The van der Waals surface area contributed by atoms with Gasteiger partial charge in [-0.25, -0.2) is 12.7 Å². The lowest BCUT2D eigenvalue weighted by atomic mass is 10.6. The Morgan fingerprint density at radius 1 is 1.36 bits per heavy atom. The Kier molecular flexibility index (Phi) is 2.25. The van der Waals surface area contributed by atoms with Gasteiger partial charge in [0.15, 0.2) is 0 Å². The summed E-state index contributed by atoms with van der Waals surface area (Å²) in [5.74, 6) is 0. The van der Waals surface area contributed by atoms with Crippen molar-refractivity contribution in [1.29, 1.82) is 0 Å². The molecule has 0 aromatic heterocycles. The van der Waals surface area contributed by atoms with Crippen LogP contribution in [0.2, 0.25) is 0 Å². The second-order valence-electron chi connectivity index (χ2n) is 3.34. The van der Waals surface area contributed by atoms with Crippen LogP contribution in [0, 0.1) is 0 Å². The smallest absolute Gasteiger partial charge is 0.212 e. The SMILES string of the molecule is CC(C)S(=O)(=O)N(C)C1CC1. The molecule has 0 heterocycles. The van der Waals surface area contributed by atoms with E-state index < -0.39 is 10.0 Å². The van der Waals surface area contributed by atoms with E-state index in [-0.39, 0.29) is 5.25 Å². The predicted octanol–water partition coefficient (Wildman–Crippen LogP) is 0.819. The van der Waals surface area contributed by atoms with E-state index in [1.807, 2.05) is 0 Å². The molecule has 1 aliphatic carbocycles. The standard InChI is InChI=1S/C7H15NO2S/c1-6(2)11(9,10)8(3)7-4-5-7/h6-7H,4-5H2,1-3H3. The average molecular weight is 177 g/mol. The van der Waals surface area contributed by atoms with Crippen molar-refractivity contribution in [1.82, 2.24) is 4.31 Å². The van der Waals surface area contributed by atoms with Crippen LogP contribution in [0.4, 0.5) is 0 Å². The minimum absolute atomic E-state index is 0.284. The fourth-order valence-corrected chi connectivity index (χ4v) is 2.27. The minimum atomic E-state index is -2.98. The zero-order valence-electron chi connectivity index (χ0n) is 7.24. The van der Waals surface area contributed by atoms with Crippen molar-refractivity contribution in [3.63, 3.8) is 0 Å². The first kappa shape index (κ1) is 9.00. The monoisotopic (exact) mass is 177 g/mol. The normalized spacial score (nSPS) is 19.7. The van der Waals surface area contributed by atoms with Crippen molar-refractivity contribution in [2.24, 2.45) is 0 Å². The van der Waals surface area contributed by atoms with Gasteiger partial charge in [-0.2, -0.15) is 0 Å². The van der Waals surface area contributed by atoms with Gasteiger partial charge in [-0.15, -0.1) is 0 Å². The van der Waals surface area contributed by atoms with Crippen LogP contribution in [0.5, 0.6) is 0 Å². The molecule has 1 rings (SSSR count). The molecule has 0 unspecified atom stereocenters. The van der Waals surface area contributed by atoms with Gasteiger partial charge in [-0.3, -0.25) is 0 Å². The summed E-state index contributed by atoms with van der Waals surface area (Å²) in [6, 6.07) is 0.294. The molecule has 0 N–H and O–H groups in total. The van der Waals surface area contributed by atoms with Crippen LogP contribution in [0.1, 0.15) is 26.7 Å². The van der Waals surface area contributed by atoms with E-state index in [4.69, 9.17) is 0 Å². The Bertz CT molecular complexity index is 229. The molecule has 0 atom stereocenters. The van der Waals surface area contributed by atoms with Gasteiger partial charge in [0, 0.05) is 13.1 Å². The summed E-state index contributed by atoms with van der Waals surface area (Å²) in [5.41, 5.74) is 0. The zero-order valence-corrected chi connectivity index (χ0v) is 8.06. The number of rotatable bonds is 3. The Morgan fingerprint density at radius 2 is 1.82 bits per heavy atom. The van der Waals surface area contributed by atoms with Crippen LogP contribution < -0.4 is 0 Å². The van der Waals surface area contributed by atoms with Crippen LogP contribution in [-0.2, 0) is 10.0 Å². The van der Waals surface area contributed by atoms with Gasteiger partial charge in [-0.05, 0) is 26.7 Å². The van der Waals surface area contributed by atoms with Crippen molar-refractivity contribution in [3.05, 3.63) is 0 Å². The second-order valence-corrected chi connectivity index (χ2v) is 5.89. The molecule has 0 bridgehead atoms. The average Bonchev–Trinajstić information content (AvgIpc) is 2.66. The van der Waals surface area contributed by atoms with Gasteiger partial charge in [0.1, 0.15) is 0 Å². The molecule has 0 saturated heterocycles. The van der Waals surface area contributed by atoms with Gasteiger partial charge in [0.25, 0.3) is 0 Å². The summed E-state index contributed by atoms with van der Waals surface area (Å²) < 4.78 is 24.4. The molecular formula is C7H15NO2S. The Hall–Kier alpha value is -0.0900. The summed E-state index contributed by atoms with van der Waals surface area (Å²) in [6.45, 7) is 3.43. The molecule has 1 aliphatic rings. The third-order valence-electron chi connectivity index (χ3n) is 2.06. The molecule has 11 heavy (non-hydrogen) atoms. The largest absolute Gasteiger partial charge is 0.216 e. The second kappa shape index (κ2) is 2.75. The fraction of sp³-hybridized carbons (Fsp3) is 1.00. The molecule has 0 amide bonds. The summed E-state index contributed by atoms with van der Waals surface area (Å²) in [5, 5.41) is -0.284. The van der Waals surface area contributed by atoms with E-state index in [1.54, 1.807) is 20.9 Å². The maximum absolute atomic E-state index is 11.4. The molecule has 0 radical (unpaired) electrons. The first-order chi connectivity index (χ1) is 4.96. The molecule has 0 spiro atoms. The first-order valence-electron chi connectivity index (χ1n) is 3.93. The van der Waals surface area contributed by atoms with Crippen molar-refractivity contribution in [2.45, 2.75) is 38.0 Å². The predicted molar refractivity (Wildman–Crippen MR) is 44.8 cm³/mol. The van der Waals surface area contributed by atoms with Crippen LogP contribution >= 0.6 is 0 Å². The molecule has 66 valence electrons. The van der Waals surface area contributed by atoms with Crippen LogP contribution in [0.15, 0.2) is 0 Å². The van der Waals surface area contributed by atoms with E-state index >= 15 is 0 Å². The number of nitrogens with zero attached hydrogens (tertiary/aromatic N) is 1. The topological polar surface area (TPSA) is 37.4 Å². The first-order valence-corrected chi connectivity index (χ1v) is 5.43. The number of sulfonamides is 1. The van der Waals surface area contributed by atoms with Gasteiger partial charge < -0.3 is 0 Å². The fourth-order valence-electron chi connectivity index (χ4n) is 0.978. The third-order valence-corrected chi connectivity index (χ3v) is 4.35. The summed E-state index contributed by atoms with van der Waals surface area (Å²) in [7, 11) is -1.31. The molecule has 0 aliphatic heterocycles. The summed E-state index contributed by atoms with van der Waals surface area (Å²) in [4.78, 5) is 0. The van der Waals surface area contributed by atoms with Crippen molar-refractivity contribution >= 4 is 10.0 Å². The van der Waals surface area contributed by atoms with E-state index in [1.165, 1.54) is 4.31 Å². The Labute approximate surface area is 68.4 Å². The van der Waals surface area contributed by atoms with Gasteiger partial charge in [0.05, 0.1) is 5.25 Å². The number of hydrogen-bond acceptors (Lipinski definition) is 2. The van der Waals surface area contributed by atoms with Crippen LogP contribution in [0.3, 0.4) is 0 Å². The maximum atomic E-state index is 11.4. The highest BCUT2D eigenvalue weighted by atomic mass is 32.2. The molecule has 4 heteroatoms. The van der Waals surface area contributed by atoms with Gasteiger partial charge in [0.2, 0.25) is 10.0 Å². The molecular weight excluding hydrogens is 162 g/mol. The lowest BCUT2D eigenvalue weighted by Crippen LogP contribution is -2.34. The maximum Gasteiger partial charge on any atom is 0.216 e. The summed E-state index contributed by atoms with van der Waals surface area (Å²) >= 11 is 0. The molecule has 3 nitrogen and oxygen atoms in total. The highest BCUT2D eigenvalue weighted by Gasteiger charge is 2.35. The van der Waals surface area contributed by atoms with Gasteiger partial charge >= 0.3 is 0 Å². The Morgan fingerprint density at radius 3 is 2.09 bits per heavy atom. The third kappa shape index (κ3) is 1.73. The Balaban J connectivity index is 2.70. The molecule has 0 aromatic carbocycles. The van der Waals surface area contributed by atoms with E-state index in [2.05, 4.69) is 0 Å². The van der Waals surface area contributed by atoms with E-state index in [0.717, 1.165) is 12.8 Å². The van der Waals surface area contributed by atoms with Crippen molar-refractivity contribution in [2.75, 3.05) is 7.05 Å². The zero-order chi connectivity index (χ0) is 8.65. The van der Waals surface area contributed by atoms with E-state index in [0.29, 0.717) is 6.04 Å². The van der Waals surface area contributed by atoms with Crippen molar-refractivity contribution < 1.29 is 8.42 Å². The quantitative estimate of drug-likeness (QED) is 0.640. The van der Waals surface area contributed by atoms with E-state index in [9.17, 15) is 8.42 Å². The van der Waals surface area contributed by atoms with Crippen LogP contribution in [0.25, 0.3) is 0 Å². The lowest BCUT2D eigenvalue weighted by Gasteiger charge is -2.18. The van der Waals surface area contributed by atoms with Crippen molar-refractivity contribution in [3.8, 4) is 0 Å². The minimum Gasteiger partial charge on any atom is -0.212 e. The number of hydrogen-bond donors (Lipinski definition) is 0. The summed E-state index contributed by atoms with van der Waals surface area (Å²) in [6.07, 6.45) is 2.06. The van der Waals surface area contributed by atoms with Gasteiger partial charge in [-0.1, -0.05) is 0 Å².